The highest BCUT2D eigenvalue weighted by Gasteiger charge is 2.34. The second-order valence-electron chi connectivity index (χ2n) is 5.41. The molecule has 94 valence electrons. The Hall–Kier alpha value is -0.610. The van der Waals surface area contributed by atoms with Crippen LogP contribution in [0.15, 0.2) is 0 Å². The van der Waals surface area contributed by atoms with E-state index >= 15 is 0 Å². The Balaban J connectivity index is 2.66. The first-order chi connectivity index (χ1) is 7.34. The van der Waals surface area contributed by atoms with Crippen LogP contribution in [0.1, 0.15) is 40.5 Å². The van der Waals surface area contributed by atoms with Crippen molar-refractivity contribution in [1.29, 1.82) is 5.41 Å². The number of amidine groups is 1. The molecule has 0 saturated carbocycles. The molecule has 1 rings (SSSR count). The van der Waals surface area contributed by atoms with Crippen LogP contribution in [0, 0.1) is 5.41 Å². The Kier molecular flexibility index (Phi) is 4.33. The number of nitrogens with one attached hydrogen (secondary N) is 1. The molecular weight excluding hydrogens is 202 g/mol. The van der Waals surface area contributed by atoms with Gasteiger partial charge >= 0.3 is 0 Å². The summed E-state index contributed by atoms with van der Waals surface area (Å²) < 4.78 is 5.88. The topological polar surface area (TPSA) is 62.3 Å². The number of hydrogen-bond donors (Lipinski definition) is 2. The predicted molar refractivity (Wildman–Crippen MR) is 66.8 cm³/mol. The van der Waals surface area contributed by atoms with E-state index in [0.29, 0.717) is 12.5 Å². The van der Waals surface area contributed by atoms with Crippen molar-refractivity contribution in [2.75, 3.05) is 13.1 Å². The van der Waals surface area contributed by atoms with Gasteiger partial charge in [-0.3, -0.25) is 10.3 Å². The predicted octanol–water partition coefficient (Wildman–Crippen LogP) is 1.59. The van der Waals surface area contributed by atoms with Gasteiger partial charge < -0.3 is 10.5 Å². The molecule has 1 fully saturated rings. The lowest BCUT2D eigenvalue weighted by atomic mass is 10.0. The summed E-state index contributed by atoms with van der Waals surface area (Å²) in [7, 11) is 0. The van der Waals surface area contributed by atoms with Gasteiger partial charge in [-0.05, 0) is 27.2 Å². The van der Waals surface area contributed by atoms with E-state index in [1.807, 2.05) is 0 Å². The van der Waals surface area contributed by atoms with Crippen LogP contribution in [0.4, 0.5) is 0 Å². The summed E-state index contributed by atoms with van der Waals surface area (Å²) in [5.74, 6) is 0.281. The van der Waals surface area contributed by atoms with Crippen molar-refractivity contribution in [3.8, 4) is 0 Å². The molecule has 16 heavy (non-hydrogen) atoms. The monoisotopic (exact) mass is 227 g/mol. The zero-order chi connectivity index (χ0) is 12.3. The zero-order valence-electron chi connectivity index (χ0n) is 10.9. The molecule has 2 atom stereocenters. The van der Waals surface area contributed by atoms with Crippen LogP contribution in [0.2, 0.25) is 0 Å². The van der Waals surface area contributed by atoms with E-state index in [0.717, 1.165) is 19.5 Å². The van der Waals surface area contributed by atoms with Crippen molar-refractivity contribution in [2.45, 2.75) is 58.3 Å². The van der Waals surface area contributed by atoms with Crippen molar-refractivity contribution in [1.82, 2.24) is 4.90 Å². The summed E-state index contributed by atoms with van der Waals surface area (Å²) in [4.78, 5) is 2.41. The van der Waals surface area contributed by atoms with Crippen LogP contribution in [-0.2, 0) is 4.74 Å². The second-order valence-corrected chi connectivity index (χ2v) is 5.41. The molecule has 0 aromatic heterocycles. The number of nitrogens with zero attached hydrogens (tertiary/aromatic N) is 1. The van der Waals surface area contributed by atoms with E-state index in [1.165, 1.54) is 0 Å². The van der Waals surface area contributed by atoms with Crippen LogP contribution in [0.3, 0.4) is 0 Å². The Morgan fingerprint density at radius 2 is 2.25 bits per heavy atom. The van der Waals surface area contributed by atoms with Crippen molar-refractivity contribution in [3.63, 3.8) is 0 Å². The van der Waals surface area contributed by atoms with Crippen molar-refractivity contribution in [2.24, 2.45) is 5.73 Å². The minimum absolute atomic E-state index is 0.0954. The Morgan fingerprint density at radius 1 is 1.62 bits per heavy atom. The first kappa shape index (κ1) is 13.5. The van der Waals surface area contributed by atoms with Gasteiger partial charge in [-0.25, -0.2) is 0 Å². The molecule has 1 aliphatic heterocycles. The second kappa shape index (κ2) is 5.15. The summed E-state index contributed by atoms with van der Waals surface area (Å²) in [6.07, 6.45) is 1.95. The van der Waals surface area contributed by atoms with Crippen molar-refractivity contribution >= 4 is 5.84 Å². The molecule has 1 aliphatic rings. The fourth-order valence-corrected chi connectivity index (χ4v) is 2.57. The third-order valence-corrected chi connectivity index (χ3v) is 3.04. The lowest BCUT2D eigenvalue weighted by Gasteiger charge is -2.45. The number of ether oxygens (including phenoxy) is 1. The highest BCUT2D eigenvalue weighted by molar-refractivity contribution is 5.77. The van der Waals surface area contributed by atoms with Gasteiger partial charge in [-0.15, -0.1) is 0 Å². The quantitative estimate of drug-likeness (QED) is 0.566. The third kappa shape index (κ3) is 3.76. The smallest absolute Gasteiger partial charge is 0.0921 e. The molecule has 3 N–H and O–H groups in total. The molecule has 1 saturated heterocycles. The first-order valence-corrected chi connectivity index (χ1v) is 6.09. The maximum absolute atomic E-state index is 7.42. The molecule has 4 nitrogen and oxygen atoms in total. The number of nitrogens with two attached hydrogens (primary N) is 1. The molecule has 4 heteroatoms. The van der Waals surface area contributed by atoms with Crippen LogP contribution < -0.4 is 5.73 Å². The van der Waals surface area contributed by atoms with Gasteiger partial charge in [0.2, 0.25) is 0 Å². The van der Waals surface area contributed by atoms with Crippen molar-refractivity contribution < 1.29 is 4.74 Å². The average Bonchev–Trinajstić information content (AvgIpc) is 2.10. The summed E-state index contributed by atoms with van der Waals surface area (Å²) >= 11 is 0. The Bertz CT molecular complexity index is 253. The van der Waals surface area contributed by atoms with E-state index in [-0.39, 0.29) is 17.5 Å². The SMILES string of the molecule is CCC(CC(=N)N)N1CC(C)OC(C)(C)C1. The van der Waals surface area contributed by atoms with Crippen molar-refractivity contribution in [3.05, 3.63) is 0 Å². The van der Waals surface area contributed by atoms with E-state index in [9.17, 15) is 0 Å². The molecule has 0 radical (unpaired) electrons. The molecule has 0 bridgehead atoms. The van der Waals surface area contributed by atoms with Gasteiger partial charge in [-0.2, -0.15) is 0 Å². The fraction of sp³-hybridized carbons (Fsp3) is 0.917. The van der Waals surface area contributed by atoms with Gasteiger partial charge in [0, 0.05) is 25.6 Å². The van der Waals surface area contributed by atoms with Crippen LogP contribution in [-0.4, -0.2) is 41.6 Å². The van der Waals surface area contributed by atoms with Gasteiger partial charge in [0.25, 0.3) is 0 Å². The molecular formula is C12H25N3O. The zero-order valence-corrected chi connectivity index (χ0v) is 10.9. The van der Waals surface area contributed by atoms with Crippen LogP contribution >= 0.6 is 0 Å². The molecule has 0 aromatic rings. The first-order valence-electron chi connectivity index (χ1n) is 6.09. The molecule has 0 aliphatic carbocycles. The van der Waals surface area contributed by atoms with E-state index in [2.05, 4.69) is 32.6 Å². The van der Waals surface area contributed by atoms with Crippen LogP contribution in [0.5, 0.6) is 0 Å². The normalized spacial score (nSPS) is 27.6. The highest BCUT2D eigenvalue weighted by Crippen LogP contribution is 2.24. The maximum Gasteiger partial charge on any atom is 0.0921 e. The summed E-state index contributed by atoms with van der Waals surface area (Å²) in [5, 5.41) is 7.42. The number of hydrogen-bond acceptors (Lipinski definition) is 3. The molecule has 0 amide bonds. The minimum atomic E-state index is -0.0954. The lowest BCUT2D eigenvalue weighted by Crippen LogP contribution is -2.55. The van der Waals surface area contributed by atoms with Gasteiger partial charge in [0.05, 0.1) is 17.5 Å². The maximum atomic E-state index is 7.42. The minimum Gasteiger partial charge on any atom is -0.388 e. The molecule has 1 heterocycles. The van der Waals surface area contributed by atoms with E-state index in [1.54, 1.807) is 0 Å². The Labute approximate surface area is 98.6 Å². The highest BCUT2D eigenvalue weighted by atomic mass is 16.5. The summed E-state index contributed by atoms with van der Waals surface area (Å²) in [5.41, 5.74) is 5.41. The molecule has 0 spiro atoms. The number of morpholine rings is 1. The van der Waals surface area contributed by atoms with Crippen LogP contribution in [0.25, 0.3) is 0 Å². The van der Waals surface area contributed by atoms with Gasteiger partial charge in [0.1, 0.15) is 0 Å². The summed E-state index contributed by atoms with van der Waals surface area (Å²) in [6, 6.07) is 0.378. The van der Waals surface area contributed by atoms with E-state index in [4.69, 9.17) is 15.9 Å². The molecule has 2 unspecified atom stereocenters. The number of rotatable bonds is 4. The fourth-order valence-electron chi connectivity index (χ4n) is 2.57. The molecule has 0 aromatic carbocycles. The lowest BCUT2D eigenvalue weighted by molar-refractivity contribution is -0.137. The summed E-state index contributed by atoms with van der Waals surface area (Å²) in [6.45, 7) is 10.4. The third-order valence-electron chi connectivity index (χ3n) is 3.04. The van der Waals surface area contributed by atoms with E-state index < -0.39 is 0 Å². The van der Waals surface area contributed by atoms with Gasteiger partial charge in [0.15, 0.2) is 0 Å². The largest absolute Gasteiger partial charge is 0.388 e. The average molecular weight is 227 g/mol. The standard InChI is InChI=1S/C12H25N3O/c1-5-10(6-11(13)14)15-7-9(2)16-12(3,4)8-15/h9-10H,5-8H2,1-4H3,(H3,13,14). The van der Waals surface area contributed by atoms with Gasteiger partial charge in [-0.1, -0.05) is 6.92 Å². The Morgan fingerprint density at radius 3 is 2.69 bits per heavy atom.